The molecule has 0 aliphatic heterocycles. The molecule has 8 nitrogen and oxygen atoms in total. The molecule has 0 spiro atoms. The van der Waals surface area contributed by atoms with E-state index in [1.54, 1.807) is 6.92 Å². The molecular formula is C16H29FN2O6. The number of unbranched alkanes of at least 4 members (excludes halogenated alkanes) is 3. The Bertz CT molecular complexity index is 421. The van der Waals surface area contributed by atoms with Crippen molar-refractivity contribution in [2.45, 2.75) is 64.3 Å². The number of aliphatic hydroxyl groups is 3. The number of hydrogen-bond acceptors (Lipinski definition) is 7. The fraction of sp³-hybridized carbons (Fsp3) is 0.812. The molecule has 9 heteroatoms. The Labute approximate surface area is 147 Å². The Morgan fingerprint density at radius 1 is 1.20 bits per heavy atom. The van der Waals surface area contributed by atoms with Crippen molar-refractivity contribution in [3.63, 3.8) is 0 Å². The minimum absolute atomic E-state index is 0.177. The van der Waals surface area contributed by atoms with Crippen LogP contribution < -0.4 is 0 Å². The minimum Gasteiger partial charge on any atom is -0.396 e. The normalized spacial score (nSPS) is 15.0. The number of aliphatic hydroxyl groups excluding tert-OH is 3. The molecule has 3 N–H and O–H groups in total. The van der Waals surface area contributed by atoms with E-state index in [2.05, 4.69) is 5.16 Å². The highest BCUT2D eigenvalue weighted by Gasteiger charge is 2.23. The van der Waals surface area contributed by atoms with Crippen LogP contribution in [0.1, 0.15) is 46.0 Å². The molecule has 25 heavy (non-hydrogen) atoms. The maximum Gasteiger partial charge on any atom is 0.228 e. The highest BCUT2D eigenvalue weighted by molar-refractivity contribution is 5.93. The van der Waals surface area contributed by atoms with Crippen LogP contribution in [0.15, 0.2) is 5.16 Å². The standard InChI is InChI=1S/C16H29FN2O6/c1-3-15(23)19(12(2)20)8-6-4-5-7-9-25-18-11-14(22)16(24)13(21)10-17/h11,13-14,16,21-22,24H,3-10H2,1-2H3/b18-11+/t13-,14+,16?/m1/s1. The second kappa shape index (κ2) is 13.7. The molecule has 0 saturated heterocycles. The maximum atomic E-state index is 12.1. The first kappa shape index (κ1) is 23.4. The van der Waals surface area contributed by atoms with E-state index in [4.69, 9.17) is 9.94 Å². The topological polar surface area (TPSA) is 120 Å². The summed E-state index contributed by atoms with van der Waals surface area (Å²) in [4.78, 5) is 29.0. The third kappa shape index (κ3) is 10.1. The molecule has 1 unspecified atom stereocenters. The molecule has 0 fully saturated rings. The first-order valence-electron chi connectivity index (χ1n) is 8.41. The summed E-state index contributed by atoms with van der Waals surface area (Å²) in [5.74, 6) is -0.424. The largest absolute Gasteiger partial charge is 0.396 e. The Balaban J connectivity index is 3.78. The van der Waals surface area contributed by atoms with Crippen molar-refractivity contribution in [3.05, 3.63) is 0 Å². The zero-order valence-electron chi connectivity index (χ0n) is 14.8. The van der Waals surface area contributed by atoms with Gasteiger partial charge in [0.15, 0.2) is 0 Å². The van der Waals surface area contributed by atoms with Gasteiger partial charge in [-0.1, -0.05) is 18.5 Å². The predicted molar refractivity (Wildman–Crippen MR) is 89.6 cm³/mol. The lowest BCUT2D eigenvalue weighted by Crippen LogP contribution is -2.39. The van der Waals surface area contributed by atoms with Crippen LogP contribution in [-0.4, -0.2) is 76.4 Å². The number of imide groups is 1. The van der Waals surface area contributed by atoms with E-state index in [1.165, 1.54) is 11.8 Å². The quantitative estimate of drug-likeness (QED) is 0.247. The molecule has 0 saturated carbocycles. The molecular weight excluding hydrogens is 335 g/mol. The molecule has 0 aliphatic carbocycles. The second-order valence-corrected chi connectivity index (χ2v) is 5.62. The van der Waals surface area contributed by atoms with E-state index in [0.717, 1.165) is 19.1 Å². The Morgan fingerprint density at radius 3 is 2.40 bits per heavy atom. The molecule has 146 valence electrons. The third-order valence-electron chi connectivity index (χ3n) is 3.54. The number of amides is 2. The minimum atomic E-state index is -1.67. The van der Waals surface area contributed by atoms with Gasteiger partial charge in [-0.15, -0.1) is 0 Å². The zero-order valence-corrected chi connectivity index (χ0v) is 14.8. The van der Waals surface area contributed by atoms with Crippen LogP contribution in [0, 0.1) is 0 Å². The van der Waals surface area contributed by atoms with E-state index < -0.39 is 25.0 Å². The van der Waals surface area contributed by atoms with Gasteiger partial charge in [-0.05, 0) is 19.3 Å². The van der Waals surface area contributed by atoms with Gasteiger partial charge >= 0.3 is 0 Å². The number of carbonyl (C=O) groups is 2. The Kier molecular flexibility index (Phi) is 12.8. The summed E-state index contributed by atoms with van der Waals surface area (Å²) in [6.07, 6.45) is -0.627. The molecule has 0 aromatic carbocycles. The summed E-state index contributed by atoms with van der Waals surface area (Å²) in [6.45, 7) is 2.61. The van der Waals surface area contributed by atoms with Crippen LogP contribution >= 0.6 is 0 Å². The predicted octanol–water partition coefficient (Wildman–Crippen LogP) is 0.387. The van der Waals surface area contributed by atoms with Gasteiger partial charge in [-0.2, -0.15) is 0 Å². The number of carbonyl (C=O) groups excluding carboxylic acids is 2. The van der Waals surface area contributed by atoms with E-state index >= 15 is 0 Å². The summed E-state index contributed by atoms with van der Waals surface area (Å²) < 4.78 is 12.1. The second-order valence-electron chi connectivity index (χ2n) is 5.62. The molecule has 0 aliphatic rings. The lowest BCUT2D eigenvalue weighted by molar-refractivity contribution is -0.143. The molecule has 0 aromatic rings. The molecule has 2 amide bonds. The molecule has 0 heterocycles. The van der Waals surface area contributed by atoms with Crippen LogP contribution in [0.25, 0.3) is 0 Å². The first-order chi connectivity index (χ1) is 11.8. The lowest BCUT2D eigenvalue weighted by atomic mass is 10.1. The number of rotatable bonds is 13. The van der Waals surface area contributed by atoms with Crippen molar-refractivity contribution in [2.24, 2.45) is 5.16 Å². The van der Waals surface area contributed by atoms with Crippen molar-refractivity contribution in [2.75, 3.05) is 19.8 Å². The van der Waals surface area contributed by atoms with Crippen molar-refractivity contribution in [1.29, 1.82) is 0 Å². The fourth-order valence-electron chi connectivity index (χ4n) is 2.00. The van der Waals surface area contributed by atoms with Crippen molar-refractivity contribution in [1.82, 2.24) is 4.90 Å². The summed E-state index contributed by atoms with van der Waals surface area (Å²) >= 11 is 0. The van der Waals surface area contributed by atoms with Crippen molar-refractivity contribution >= 4 is 18.0 Å². The van der Waals surface area contributed by atoms with Crippen LogP contribution in [0.5, 0.6) is 0 Å². The van der Waals surface area contributed by atoms with Gasteiger partial charge in [0.2, 0.25) is 11.8 Å². The zero-order chi connectivity index (χ0) is 19.2. The van der Waals surface area contributed by atoms with Crippen LogP contribution in [0.3, 0.4) is 0 Å². The van der Waals surface area contributed by atoms with Gasteiger partial charge in [0.1, 0.15) is 31.6 Å². The van der Waals surface area contributed by atoms with Crippen LogP contribution in [0.2, 0.25) is 0 Å². The van der Waals surface area contributed by atoms with E-state index in [9.17, 15) is 24.2 Å². The highest BCUT2D eigenvalue weighted by atomic mass is 19.1. The molecule has 0 bridgehead atoms. The van der Waals surface area contributed by atoms with E-state index in [0.29, 0.717) is 25.8 Å². The Hall–Kier alpha value is -1.58. The highest BCUT2D eigenvalue weighted by Crippen LogP contribution is 2.05. The monoisotopic (exact) mass is 364 g/mol. The number of nitrogens with zero attached hydrogens (tertiary/aromatic N) is 2. The molecule has 3 atom stereocenters. The average molecular weight is 364 g/mol. The van der Waals surface area contributed by atoms with Gasteiger partial charge in [0, 0.05) is 19.9 Å². The third-order valence-corrected chi connectivity index (χ3v) is 3.54. The fourth-order valence-corrected chi connectivity index (χ4v) is 2.00. The summed E-state index contributed by atoms with van der Waals surface area (Å²) in [5, 5.41) is 31.1. The lowest BCUT2D eigenvalue weighted by Gasteiger charge is -2.18. The molecule has 0 radical (unpaired) electrons. The van der Waals surface area contributed by atoms with E-state index in [1.807, 2.05) is 0 Å². The summed E-state index contributed by atoms with van der Waals surface area (Å²) in [7, 11) is 0. The molecule has 0 aromatic heterocycles. The van der Waals surface area contributed by atoms with E-state index in [-0.39, 0.29) is 18.4 Å². The number of halogens is 1. The number of oxime groups is 1. The van der Waals surface area contributed by atoms with Gasteiger partial charge in [0.25, 0.3) is 0 Å². The SMILES string of the molecule is CCC(=O)N(CCCCCCO/N=C/[C@H](O)C(O)[C@H](O)CF)C(C)=O. The van der Waals surface area contributed by atoms with Crippen LogP contribution in [0.4, 0.5) is 4.39 Å². The number of alkyl halides is 1. The van der Waals surface area contributed by atoms with Gasteiger partial charge in [0.05, 0.1) is 6.21 Å². The average Bonchev–Trinajstić information content (AvgIpc) is 2.60. The van der Waals surface area contributed by atoms with Gasteiger partial charge in [-0.3, -0.25) is 14.5 Å². The van der Waals surface area contributed by atoms with Crippen LogP contribution in [-0.2, 0) is 14.4 Å². The van der Waals surface area contributed by atoms with Crippen molar-refractivity contribution in [3.8, 4) is 0 Å². The summed E-state index contributed by atoms with van der Waals surface area (Å²) in [5.41, 5.74) is 0. The summed E-state index contributed by atoms with van der Waals surface area (Å²) in [6, 6.07) is 0. The maximum absolute atomic E-state index is 12.1. The number of hydrogen-bond donors (Lipinski definition) is 3. The first-order valence-corrected chi connectivity index (χ1v) is 8.41. The van der Waals surface area contributed by atoms with Gasteiger partial charge in [-0.25, -0.2) is 4.39 Å². The Morgan fingerprint density at radius 2 is 1.84 bits per heavy atom. The van der Waals surface area contributed by atoms with Crippen molar-refractivity contribution < 1.29 is 34.1 Å². The molecule has 0 rings (SSSR count). The van der Waals surface area contributed by atoms with Gasteiger partial charge < -0.3 is 20.2 Å². The smallest absolute Gasteiger partial charge is 0.228 e.